The maximum Gasteiger partial charge on any atom is 0.271 e. The lowest BCUT2D eigenvalue weighted by molar-refractivity contribution is 0.365. The van der Waals surface area contributed by atoms with Crippen LogP contribution in [0.4, 0.5) is 13.2 Å². The fourth-order valence-electron chi connectivity index (χ4n) is 4.15. The summed E-state index contributed by atoms with van der Waals surface area (Å²) in [5, 5.41) is 0.998. The molecule has 1 fully saturated rings. The third-order valence-corrected chi connectivity index (χ3v) is 5.99. The summed E-state index contributed by atoms with van der Waals surface area (Å²) < 4.78 is 39.5. The van der Waals surface area contributed by atoms with Gasteiger partial charge in [-0.25, -0.2) is 4.39 Å². The maximum absolute atomic E-state index is 14.5. The highest BCUT2D eigenvalue weighted by molar-refractivity contribution is 5.89. The van der Waals surface area contributed by atoms with Gasteiger partial charge in [-0.3, -0.25) is 0 Å². The van der Waals surface area contributed by atoms with Gasteiger partial charge in [0.25, 0.3) is 6.08 Å². The van der Waals surface area contributed by atoms with Gasteiger partial charge in [-0.2, -0.15) is 8.78 Å². The Morgan fingerprint density at radius 3 is 2.29 bits per heavy atom. The monoisotopic (exact) mass is 416 g/mol. The molecule has 1 saturated carbocycles. The summed E-state index contributed by atoms with van der Waals surface area (Å²) in [5.74, 6) is 7.16. The van der Waals surface area contributed by atoms with Crippen molar-refractivity contribution in [1.82, 2.24) is 0 Å². The molecule has 0 N–H and O–H groups in total. The van der Waals surface area contributed by atoms with Gasteiger partial charge in [0.2, 0.25) is 0 Å². The van der Waals surface area contributed by atoms with E-state index >= 15 is 0 Å². The Bertz CT molecular complexity index is 1180. The Labute approximate surface area is 181 Å². The number of benzene rings is 3. The van der Waals surface area contributed by atoms with E-state index in [1.165, 1.54) is 18.9 Å². The smallest absolute Gasteiger partial charge is 0.206 e. The molecule has 0 atom stereocenters. The van der Waals surface area contributed by atoms with Crippen molar-refractivity contribution < 1.29 is 13.2 Å². The number of hydrogen-bond acceptors (Lipinski definition) is 0. The van der Waals surface area contributed by atoms with Crippen LogP contribution in [0.2, 0.25) is 0 Å². The number of rotatable bonds is 3. The van der Waals surface area contributed by atoms with Crippen molar-refractivity contribution in [3.63, 3.8) is 0 Å². The van der Waals surface area contributed by atoms with Gasteiger partial charge in [0.1, 0.15) is 5.82 Å². The molecule has 3 heteroatoms. The zero-order valence-electron chi connectivity index (χ0n) is 17.2. The minimum absolute atomic E-state index is 0.110. The molecule has 0 bridgehead atoms. The summed E-state index contributed by atoms with van der Waals surface area (Å²) in [7, 11) is 0. The molecule has 0 amide bonds. The average molecular weight is 416 g/mol. The van der Waals surface area contributed by atoms with E-state index in [0.717, 1.165) is 29.5 Å². The Hall–Kier alpha value is -3.25. The SMILES string of the molecule is C=CC1CCC(C#Cc2ccc(-c3ccc4c(F)c(C=C(F)F)ccc4c3)cc2)CC1. The first-order valence-electron chi connectivity index (χ1n) is 10.5. The molecule has 0 saturated heterocycles. The van der Waals surface area contributed by atoms with E-state index in [1.807, 2.05) is 36.4 Å². The van der Waals surface area contributed by atoms with Gasteiger partial charge < -0.3 is 0 Å². The molecule has 0 radical (unpaired) electrons. The fourth-order valence-corrected chi connectivity index (χ4v) is 4.15. The molecule has 0 aromatic heterocycles. The molecule has 0 unspecified atom stereocenters. The zero-order chi connectivity index (χ0) is 21.8. The van der Waals surface area contributed by atoms with E-state index in [9.17, 15) is 13.2 Å². The maximum atomic E-state index is 14.5. The number of fused-ring (bicyclic) bond motifs is 1. The van der Waals surface area contributed by atoms with E-state index in [0.29, 0.717) is 28.7 Å². The van der Waals surface area contributed by atoms with Crippen LogP contribution in [0.25, 0.3) is 28.0 Å². The van der Waals surface area contributed by atoms with Crippen molar-refractivity contribution in [3.05, 3.63) is 90.3 Å². The molecule has 31 heavy (non-hydrogen) atoms. The van der Waals surface area contributed by atoms with Crippen LogP contribution in [0.3, 0.4) is 0 Å². The van der Waals surface area contributed by atoms with E-state index in [4.69, 9.17) is 0 Å². The average Bonchev–Trinajstić information content (AvgIpc) is 2.80. The number of halogens is 3. The van der Waals surface area contributed by atoms with Crippen molar-refractivity contribution in [2.75, 3.05) is 0 Å². The van der Waals surface area contributed by atoms with E-state index in [2.05, 4.69) is 24.5 Å². The summed E-state index contributed by atoms with van der Waals surface area (Å²) in [6.07, 6.45) is 5.30. The van der Waals surface area contributed by atoms with Crippen LogP contribution in [0.1, 0.15) is 36.8 Å². The molecular weight excluding hydrogens is 393 g/mol. The van der Waals surface area contributed by atoms with Crippen LogP contribution in [0.5, 0.6) is 0 Å². The van der Waals surface area contributed by atoms with Crippen molar-refractivity contribution in [2.24, 2.45) is 11.8 Å². The lowest BCUT2D eigenvalue weighted by Crippen LogP contribution is -2.11. The predicted octanol–water partition coefficient (Wildman–Crippen LogP) is 8.23. The van der Waals surface area contributed by atoms with Gasteiger partial charge in [-0.05, 0) is 66.3 Å². The minimum Gasteiger partial charge on any atom is -0.206 e. The second-order valence-electron chi connectivity index (χ2n) is 8.03. The van der Waals surface area contributed by atoms with Crippen LogP contribution in [-0.4, -0.2) is 0 Å². The van der Waals surface area contributed by atoms with Gasteiger partial charge in [-0.15, -0.1) is 6.58 Å². The molecule has 0 nitrogen and oxygen atoms in total. The molecule has 3 aromatic carbocycles. The molecule has 3 aromatic rings. The quantitative estimate of drug-likeness (QED) is 0.298. The highest BCUT2D eigenvalue weighted by Gasteiger charge is 2.17. The van der Waals surface area contributed by atoms with Crippen LogP contribution in [0, 0.1) is 29.5 Å². The molecule has 4 rings (SSSR count). The summed E-state index contributed by atoms with van der Waals surface area (Å²) >= 11 is 0. The van der Waals surface area contributed by atoms with Crippen LogP contribution in [-0.2, 0) is 0 Å². The topological polar surface area (TPSA) is 0 Å². The molecule has 0 aliphatic heterocycles. The highest BCUT2D eigenvalue weighted by atomic mass is 19.3. The molecule has 0 heterocycles. The Kier molecular flexibility index (Phi) is 6.28. The zero-order valence-corrected chi connectivity index (χ0v) is 17.2. The fraction of sp³-hybridized carbons (Fsp3) is 0.214. The summed E-state index contributed by atoms with van der Waals surface area (Å²) in [5.41, 5.74) is 2.81. The lowest BCUT2D eigenvalue weighted by Gasteiger charge is -2.22. The van der Waals surface area contributed by atoms with Crippen molar-refractivity contribution >= 4 is 16.8 Å². The number of hydrogen-bond donors (Lipinski definition) is 0. The first kappa shape index (κ1) is 21.0. The Morgan fingerprint density at radius 2 is 1.61 bits per heavy atom. The third-order valence-electron chi connectivity index (χ3n) is 5.99. The normalized spacial score (nSPS) is 18.2. The second-order valence-corrected chi connectivity index (χ2v) is 8.03. The summed E-state index contributed by atoms with van der Waals surface area (Å²) in [6.45, 7) is 3.89. The first-order chi connectivity index (χ1) is 15.0. The van der Waals surface area contributed by atoms with Gasteiger partial charge in [0.05, 0.1) is 0 Å². The van der Waals surface area contributed by atoms with Crippen molar-refractivity contribution in [3.8, 4) is 23.0 Å². The highest BCUT2D eigenvalue weighted by Crippen LogP contribution is 2.30. The van der Waals surface area contributed by atoms with Crippen molar-refractivity contribution in [2.45, 2.75) is 25.7 Å². The summed E-state index contributed by atoms with van der Waals surface area (Å²) in [6, 6.07) is 16.4. The molecule has 1 aliphatic carbocycles. The predicted molar refractivity (Wildman–Crippen MR) is 122 cm³/mol. The van der Waals surface area contributed by atoms with Crippen LogP contribution < -0.4 is 0 Å². The first-order valence-corrected chi connectivity index (χ1v) is 10.5. The minimum atomic E-state index is -1.91. The standard InChI is InChI=1S/C28H23F3/c1-2-19-3-5-20(6-4-19)7-8-21-9-11-22(12-10-21)23-15-16-26-24(17-23)13-14-25(28(26)31)18-27(29)30/h2,9-20H,1,3-6H2. The van der Waals surface area contributed by atoms with Crippen LogP contribution >= 0.6 is 0 Å². The molecule has 156 valence electrons. The van der Waals surface area contributed by atoms with E-state index in [-0.39, 0.29) is 5.56 Å². The van der Waals surface area contributed by atoms with Gasteiger partial charge >= 0.3 is 0 Å². The Balaban J connectivity index is 1.52. The summed E-state index contributed by atoms with van der Waals surface area (Å²) in [4.78, 5) is 0. The van der Waals surface area contributed by atoms with E-state index in [1.54, 1.807) is 12.1 Å². The van der Waals surface area contributed by atoms with Gasteiger partial charge in [0.15, 0.2) is 0 Å². The number of allylic oxidation sites excluding steroid dienone is 1. The van der Waals surface area contributed by atoms with Crippen LogP contribution in [0.15, 0.2) is 73.3 Å². The third kappa shape index (κ3) is 4.91. The van der Waals surface area contributed by atoms with Gasteiger partial charge in [-0.1, -0.05) is 54.3 Å². The Morgan fingerprint density at radius 1 is 0.903 bits per heavy atom. The lowest BCUT2D eigenvalue weighted by atomic mass is 9.82. The molecular formula is C28H23F3. The molecule has 0 spiro atoms. The van der Waals surface area contributed by atoms with Gasteiger partial charge in [0, 0.05) is 28.5 Å². The second kappa shape index (κ2) is 9.27. The van der Waals surface area contributed by atoms with E-state index < -0.39 is 11.9 Å². The molecule has 1 aliphatic rings. The van der Waals surface area contributed by atoms with Crippen molar-refractivity contribution in [1.29, 1.82) is 0 Å². The largest absolute Gasteiger partial charge is 0.271 e.